The fourth-order valence-electron chi connectivity index (χ4n) is 1.74. The van der Waals surface area contributed by atoms with Crippen molar-refractivity contribution in [2.45, 2.75) is 17.8 Å². The van der Waals surface area contributed by atoms with Gasteiger partial charge in [0.25, 0.3) is 5.91 Å². The van der Waals surface area contributed by atoms with Gasteiger partial charge in [0.05, 0.1) is 11.7 Å². The van der Waals surface area contributed by atoms with Crippen LogP contribution in [0.5, 0.6) is 5.75 Å². The minimum atomic E-state index is -1.05. The predicted octanol–water partition coefficient (Wildman–Crippen LogP) is 2.60. The van der Waals surface area contributed by atoms with Crippen molar-refractivity contribution >= 4 is 34.8 Å². The lowest BCUT2D eigenvalue weighted by atomic mass is 10.1. The maximum Gasteiger partial charge on any atom is 0.260 e. The lowest BCUT2D eigenvalue weighted by Gasteiger charge is -2.35. The Kier molecular flexibility index (Phi) is 3.26. The first-order chi connectivity index (χ1) is 7.61. The van der Waals surface area contributed by atoms with Crippen LogP contribution in [0, 0.1) is 0 Å². The second-order valence-electron chi connectivity index (χ2n) is 3.64. The van der Waals surface area contributed by atoms with Crippen molar-refractivity contribution in [2.24, 2.45) is 0 Å². The van der Waals surface area contributed by atoms with Crippen molar-refractivity contribution in [2.75, 3.05) is 11.5 Å². The van der Waals surface area contributed by atoms with Gasteiger partial charge in [-0.15, -0.1) is 0 Å². The molecule has 1 aromatic rings. The van der Waals surface area contributed by atoms with E-state index in [0.29, 0.717) is 12.4 Å². The second kappa shape index (κ2) is 4.52. The summed E-state index contributed by atoms with van der Waals surface area (Å²) in [6.45, 7) is 2.34. The van der Waals surface area contributed by atoms with E-state index in [1.165, 1.54) is 0 Å². The second-order valence-corrected chi connectivity index (χ2v) is 4.73. The first kappa shape index (κ1) is 11.6. The van der Waals surface area contributed by atoms with Crippen LogP contribution >= 0.6 is 23.2 Å². The van der Waals surface area contributed by atoms with Crippen molar-refractivity contribution in [3.63, 3.8) is 0 Å². The van der Waals surface area contributed by atoms with Crippen molar-refractivity contribution in [1.29, 1.82) is 0 Å². The number of ether oxygens (including phenoxy) is 1. The number of halogens is 2. The van der Waals surface area contributed by atoms with Gasteiger partial charge in [0.2, 0.25) is 0 Å². The highest BCUT2D eigenvalue weighted by Crippen LogP contribution is 2.34. The van der Waals surface area contributed by atoms with Crippen molar-refractivity contribution in [1.82, 2.24) is 0 Å². The molecule has 3 nitrogen and oxygen atoms in total. The summed E-state index contributed by atoms with van der Waals surface area (Å²) < 4.78 is 5.52. The number of alkyl halides is 2. The number of rotatable bonds is 1. The molecule has 0 spiro atoms. The maximum atomic E-state index is 11.9. The average molecular weight is 260 g/mol. The number of anilines is 1. The summed E-state index contributed by atoms with van der Waals surface area (Å²) >= 11 is 11.3. The van der Waals surface area contributed by atoms with Crippen LogP contribution in [0.25, 0.3) is 0 Å². The molecule has 0 aliphatic carbocycles. The molecule has 2 rings (SSSR count). The van der Waals surface area contributed by atoms with Crippen LogP contribution in [0.3, 0.4) is 0 Å². The topological polar surface area (TPSA) is 29.5 Å². The van der Waals surface area contributed by atoms with Gasteiger partial charge in [-0.1, -0.05) is 35.3 Å². The van der Waals surface area contributed by atoms with E-state index in [1.54, 1.807) is 4.90 Å². The molecule has 0 unspecified atom stereocenters. The summed E-state index contributed by atoms with van der Waals surface area (Å²) in [5, 5.41) is 0. The Morgan fingerprint density at radius 1 is 1.50 bits per heavy atom. The summed E-state index contributed by atoms with van der Waals surface area (Å²) in [7, 11) is 0. The van der Waals surface area contributed by atoms with Crippen LogP contribution in [0.1, 0.15) is 6.92 Å². The maximum absolute atomic E-state index is 11.9. The molecule has 1 aliphatic heterocycles. The number of para-hydroxylation sites is 2. The Hall–Kier alpha value is -0.930. The SMILES string of the molecule is C[C@H]1COc2ccccc2N1C(=O)C(Cl)Cl. The highest BCUT2D eigenvalue weighted by molar-refractivity contribution is 6.54. The molecule has 0 saturated carbocycles. The molecule has 1 aromatic carbocycles. The van der Waals surface area contributed by atoms with E-state index in [2.05, 4.69) is 0 Å². The first-order valence-electron chi connectivity index (χ1n) is 4.94. The Bertz CT molecular complexity index is 409. The average Bonchev–Trinajstić information content (AvgIpc) is 2.28. The number of amides is 1. The normalized spacial score (nSPS) is 19.2. The van der Waals surface area contributed by atoms with E-state index in [9.17, 15) is 4.79 Å². The summed E-state index contributed by atoms with van der Waals surface area (Å²) in [6, 6.07) is 7.27. The Labute approximate surface area is 104 Å². The number of hydrogen-bond donors (Lipinski definition) is 0. The molecule has 0 fully saturated rings. The fourth-order valence-corrected chi connectivity index (χ4v) is 1.95. The smallest absolute Gasteiger partial charge is 0.260 e. The van der Waals surface area contributed by atoms with Crippen molar-refractivity contribution in [3.8, 4) is 5.75 Å². The Balaban J connectivity index is 2.40. The van der Waals surface area contributed by atoms with E-state index in [0.717, 1.165) is 5.69 Å². The number of nitrogens with zero attached hydrogens (tertiary/aromatic N) is 1. The Morgan fingerprint density at radius 2 is 2.19 bits per heavy atom. The molecule has 1 heterocycles. The highest BCUT2D eigenvalue weighted by atomic mass is 35.5. The molecule has 16 heavy (non-hydrogen) atoms. The van der Waals surface area contributed by atoms with E-state index in [-0.39, 0.29) is 11.9 Å². The third-order valence-corrected chi connectivity index (χ3v) is 2.84. The molecule has 1 atom stereocenters. The van der Waals surface area contributed by atoms with Crippen LogP contribution in [-0.2, 0) is 4.79 Å². The van der Waals surface area contributed by atoms with Gasteiger partial charge >= 0.3 is 0 Å². The zero-order chi connectivity index (χ0) is 11.7. The fraction of sp³-hybridized carbons (Fsp3) is 0.364. The molecule has 0 N–H and O–H groups in total. The molecule has 5 heteroatoms. The molecule has 1 amide bonds. The zero-order valence-electron chi connectivity index (χ0n) is 8.69. The van der Waals surface area contributed by atoms with Crippen LogP contribution in [0.15, 0.2) is 24.3 Å². The van der Waals surface area contributed by atoms with Crippen LogP contribution in [0.2, 0.25) is 0 Å². The van der Waals surface area contributed by atoms with Crippen molar-refractivity contribution in [3.05, 3.63) is 24.3 Å². The monoisotopic (exact) mass is 259 g/mol. The minimum Gasteiger partial charge on any atom is -0.489 e. The number of benzene rings is 1. The van der Waals surface area contributed by atoms with Gasteiger partial charge in [0, 0.05) is 0 Å². The first-order valence-corrected chi connectivity index (χ1v) is 5.81. The van der Waals surface area contributed by atoms with Crippen molar-refractivity contribution < 1.29 is 9.53 Å². The zero-order valence-corrected chi connectivity index (χ0v) is 10.2. The van der Waals surface area contributed by atoms with Gasteiger partial charge in [-0.05, 0) is 19.1 Å². The lowest BCUT2D eigenvalue weighted by molar-refractivity contribution is -0.117. The Morgan fingerprint density at radius 3 is 2.88 bits per heavy atom. The van der Waals surface area contributed by atoms with E-state index in [1.807, 2.05) is 31.2 Å². The quantitative estimate of drug-likeness (QED) is 0.726. The summed E-state index contributed by atoms with van der Waals surface area (Å²) in [6.07, 6.45) is 0. The molecule has 86 valence electrons. The van der Waals surface area contributed by atoms with Gasteiger partial charge in [-0.3, -0.25) is 4.79 Å². The van der Waals surface area contributed by atoms with Crippen LogP contribution < -0.4 is 9.64 Å². The number of hydrogen-bond acceptors (Lipinski definition) is 2. The highest BCUT2D eigenvalue weighted by Gasteiger charge is 2.31. The molecule has 0 saturated heterocycles. The van der Waals surface area contributed by atoms with Gasteiger partial charge in [-0.25, -0.2) is 0 Å². The van der Waals surface area contributed by atoms with Crippen LogP contribution in [0.4, 0.5) is 5.69 Å². The van der Waals surface area contributed by atoms with E-state index in [4.69, 9.17) is 27.9 Å². The standard InChI is InChI=1S/C11H11Cl2NO2/c1-7-6-16-9-5-3-2-4-8(9)14(7)11(15)10(12)13/h2-5,7,10H,6H2,1H3/t7-/m0/s1. The van der Waals surface area contributed by atoms with Gasteiger partial charge in [0.15, 0.2) is 4.84 Å². The summed E-state index contributed by atoms with van der Waals surface area (Å²) in [4.78, 5) is 12.4. The molecule has 0 aromatic heterocycles. The van der Waals surface area contributed by atoms with Gasteiger partial charge < -0.3 is 9.64 Å². The van der Waals surface area contributed by atoms with Gasteiger partial charge in [0.1, 0.15) is 12.4 Å². The molecular formula is C11H11Cl2NO2. The third-order valence-electron chi connectivity index (χ3n) is 2.47. The molecule has 1 aliphatic rings. The summed E-state index contributed by atoms with van der Waals surface area (Å²) in [5.74, 6) is 0.370. The molecular weight excluding hydrogens is 249 g/mol. The number of fused-ring (bicyclic) bond motifs is 1. The predicted molar refractivity (Wildman–Crippen MR) is 64.4 cm³/mol. The molecule has 0 bridgehead atoms. The molecule has 0 radical (unpaired) electrons. The lowest BCUT2D eigenvalue weighted by Crippen LogP contribution is -2.47. The van der Waals surface area contributed by atoms with Gasteiger partial charge in [-0.2, -0.15) is 0 Å². The van der Waals surface area contributed by atoms with E-state index >= 15 is 0 Å². The van der Waals surface area contributed by atoms with Crippen LogP contribution in [-0.4, -0.2) is 23.4 Å². The minimum absolute atomic E-state index is 0.0672. The number of carbonyl (C=O) groups excluding carboxylic acids is 1. The largest absolute Gasteiger partial charge is 0.489 e. The summed E-state index contributed by atoms with van der Waals surface area (Å²) in [5.41, 5.74) is 0.720. The third kappa shape index (κ3) is 1.97. The van der Waals surface area contributed by atoms with E-state index < -0.39 is 4.84 Å². The number of carbonyl (C=O) groups is 1.